The van der Waals surface area contributed by atoms with Crippen molar-refractivity contribution in [2.75, 3.05) is 31.5 Å². The summed E-state index contributed by atoms with van der Waals surface area (Å²) in [7, 11) is -3.95. The third-order valence-corrected chi connectivity index (χ3v) is 8.70. The Labute approximate surface area is 226 Å². The molecule has 1 fully saturated rings. The number of hydrogen-bond donors (Lipinski definition) is 1. The third-order valence-electron chi connectivity index (χ3n) is 6.80. The molecular weight excluding hydrogens is 520 g/mol. The molecule has 1 aliphatic rings. The van der Waals surface area contributed by atoms with E-state index in [9.17, 15) is 22.0 Å². The summed E-state index contributed by atoms with van der Waals surface area (Å²) in [5.41, 5.74) is 2.23. The Kier molecular flexibility index (Phi) is 7.83. The number of halogens is 2. The van der Waals surface area contributed by atoms with Gasteiger partial charge in [0.2, 0.25) is 10.0 Å². The number of carbonyl (C=O) groups is 1. The lowest BCUT2D eigenvalue weighted by atomic mass is 9.96. The second kappa shape index (κ2) is 11.4. The standard InChI is InChI=1S/C30H27F2N3O3S/c31-25-13-11-24(12-14-25)30(36)33-28-16-15-26(21-27(28)32)39(37,38)35-19-17-34(18-20-35)29(22-7-3-1-4-8-22)23-9-5-2-6-10-23/h1-16,21,29H,17-20H2,(H,33,36). The summed E-state index contributed by atoms with van der Waals surface area (Å²) in [4.78, 5) is 14.4. The highest BCUT2D eigenvalue weighted by molar-refractivity contribution is 7.89. The number of anilines is 1. The van der Waals surface area contributed by atoms with Gasteiger partial charge in [0, 0.05) is 31.7 Å². The summed E-state index contributed by atoms with van der Waals surface area (Å²) < 4.78 is 56.1. The molecule has 0 saturated carbocycles. The van der Waals surface area contributed by atoms with Crippen molar-refractivity contribution >= 4 is 21.6 Å². The number of carbonyl (C=O) groups excluding carboxylic acids is 1. The summed E-state index contributed by atoms with van der Waals surface area (Å²) in [5, 5.41) is 2.40. The minimum atomic E-state index is -3.95. The number of sulfonamides is 1. The van der Waals surface area contributed by atoms with E-state index in [-0.39, 0.29) is 35.3 Å². The van der Waals surface area contributed by atoms with Crippen LogP contribution in [0.2, 0.25) is 0 Å². The number of amides is 1. The average molecular weight is 548 g/mol. The summed E-state index contributed by atoms with van der Waals surface area (Å²) >= 11 is 0. The van der Waals surface area contributed by atoms with Crippen LogP contribution in [0.1, 0.15) is 27.5 Å². The molecule has 39 heavy (non-hydrogen) atoms. The normalized spacial score (nSPS) is 14.8. The summed E-state index contributed by atoms with van der Waals surface area (Å²) in [6, 6.07) is 28.4. The minimum absolute atomic E-state index is 0.0151. The molecule has 1 N–H and O–H groups in total. The number of piperazine rings is 1. The van der Waals surface area contributed by atoms with E-state index in [4.69, 9.17) is 0 Å². The molecule has 5 rings (SSSR count). The number of nitrogens with zero attached hydrogens (tertiary/aromatic N) is 2. The lowest BCUT2D eigenvalue weighted by Crippen LogP contribution is -2.49. The van der Waals surface area contributed by atoms with Crippen LogP contribution in [-0.2, 0) is 10.0 Å². The summed E-state index contributed by atoms with van der Waals surface area (Å²) in [5.74, 6) is -2.01. The molecule has 0 bridgehead atoms. The van der Waals surface area contributed by atoms with E-state index < -0.39 is 27.6 Å². The monoisotopic (exact) mass is 547 g/mol. The van der Waals surface area contributed by atoms with Crippen molar-refractivity contribution in [3.63, 3.8) is 0 Å². The highest BCUT2D eigenvalue weighted by Crippen LogP contribution is 2.31. The summed E-state index contributed by atoms with van der Waals surface area (Å²) in [6.07, 6.45) is 0. The largest absolute Gasteiger partial charge is 0.319 e. The second-order valence-electron chi connectivity index (χ2n) is 9.27. The van der Waals surface area contributed by atoms with Gasteiger partial charge in [-0.25, -0.2) is 17.2 Å². The molecule has 1 heterocycles. The van der Waals surface area contributed by atoms with Gasteiger partial charge in [-0.05, 0) is 53.6 Å². The Morgan fingerprint density at radius 3 is 1.85 bits per heavy atom. The number of benzene rings is 4. The lowest BCUT2D eigenvalue weighted by Gasteiger charge is -2.39. The van der Waals surface area contributed by atoms with Gasteiger partial charge in [-0.2, -0.15) is 4.31 Å². The Morgan fingerprint density at radius 1 is 0.744 bits per heavy atom. The number of nitrogens with one attached hydrogen (secondary N) is 1. The van der Waals surface area contributed by atoms with Crippen molar-refractivity contribution in [2.45, 2.75) is 10.9 Å². The first-order valence-electron chi connectivity index (χ1n) is 12.5. The van der Waals surface area contributed by atoms with Gasteiger partial charge in [0.05, 0.1) is 16.6 Å². The van der Waals surface area contributed by atoms with E-state index in [0.717, 1.165) is 29.3 Å². The fourth-order valence-electron chi connectivity index (χ4n) is 4.79. The van der Waals surface area contributed by atoms with Crippen LogP contribution in [0.5, 0.6) is 0 Å². The second-order valence-corrected chi connectivity index (χ2v) is 11.2. The smallest absolute Gasteiger partial charge is 0.255 e. The average Bonchev–Trinajstić information content (AvgIpc) is 2.96. The van der Waals surface area contributed by atoms with Crippen molar-refractivity contribution in [2.24, 2.45) is 0 Å². The first kappa shape index (κ1) is 26.7. The molecule has 1 aliphatic heterocycles. The van der Waals surface area contributed by atoms with E-state index in [2.05, 4.69) is 34.5 Å². The van der Waals surface area contributed by atoms with Crippen molar-refractivity contribution in [1.82, 2.24) is 9.21 Å². The maximum Gasteiger partial charge on any atom is 0.255 e. The van der Waals surface area contributed by atoms with E-state index in [0.29, 0.717) is 13.1 Å². The van der Waals surface area contributed by atoms with Gasteiger partial charge in [-0.3, -0.25) is 9.69 Å². The molecule has 4 aromatic carbocycles. The zero-order chi connectivity index (χ0) is 27.4. The third kappa shape index (κ3) is 5.90. The van der Waals surface area contributed by atoms with Gasteiger partial charge >= 0.3 is 0 Å². The highest BCUT2D eigenvalue weighted by Gasteiger charge is 2.32. The molecule has 9 heteroatoms. The lowest BCUT2D eigenvalue weighted by molar-refractivity contribution is 0.102. The van der Waals surface area contributed by atoms with Gasteiger partial charge in [0.25, 0.3) is 5.91 Å². The molecular formula is C30H27F2N3O3S. The molecule has 0 spiro atoms. The first-order valence-corrected chi connectivity index (χ1v) is 14.0. The van der Waals surface area contributed by atoms with Crippen molar-refractivity contribution in [3.8, 4) is 0 Å². The Balaban J connectivity index is 1.29. The van der Waals surface area contributed by atoms with Gasteiger partial charge in [0.15, 0.2) is 0 Å². The van der Waals surface area contributed by atoms with Gasteiger partial charge < -0.3 is 5.32 Å². The molecule has 0 atom stereocenters. The first-order chi connectivity index (χ1) is 18.8. The SMILES string of the molecule is O=C(Nc1ccc(S(=O)(=O)N2CCN(C(c3ccccc3)c3ccccc3)CC2)cc1F)c1ccc(F)cc1. The molecule has 6 nitrogen and oxygen atoms in total. The van der Waals surface area contributed by atoms with E-state index in [1.807, 2.05) is 36.4 Å². The molecule has 0 unspecified atom stereocenters. The van der Waals surface area contributed by atoms with Crippen LogP contribution in [0.15, 0.2) is 108 Å². The van der Waals surface area contributed by atoms with Crippen molar-refractivity contribution < 1.29 is 22.0 Å². The Hall–Kier alpha value is -3.92. The van der Waals surface area contributed by atoms with Crippen molar-refractivity contribution in [3.05, 3.63) is 131 Å². The maximum atomic E-state index is 14.9. The molecule has 1 saturated heterocycles. The van der Waals surface area contributed by atoms with E-state index >= 15 is 0 Å². The zero-order valence-electron chi connectivity index (χ0n) is 21.0. The van der Waals surface area contributed by atoms with Crippen LogP contribution in [0.25, 0.3) is 0 Å². The van der Waals surface area contributed by atoms with Crippen LogP contribution >= 0.6 is 0 Å². The predicted octanol–water partition coefficient (Wildman–Crippen LogP) is 5.31. The number of hydrogen-bond acceptors (Lipinski definition) is 4. The molecule has 0 aliphatic carbocycles. The molecule has 1 amide bonds. The Bertz CT molecular complexity index is 1500. The van der Waals surface area contributed by atoms with Crippen LogP contribution in [-0.4, -0.2) is 49.7 Å². The van der Waals surface area contributed by atoms with Gasteiger partial charge in [0.1, 0.15) is 11.6 Å². The fourth-order valence-corrected chi connectivity index (χ4v) is 6.22. The molecule has 0 aromatic heterocycles. The van der Waals surface area contributed by atoms with Crippen LogP contribution in [0.3, 0.4) is 0 Å². The molecule has 4 aromatic rings. The van der Waals surface area contributed by atoms with Gasteiger partial charge in [-0.15, -0.1) is 0 Å². The minimum Gasteiger partial charge on any atom is -0.319 e. The van der Waals surface area contributed by atoms with E-state index in [1.54, 1.807) is 0 Å². The quantitative estimate of drug-likeness (QED) is 0.340. The predicted molar refractivity (Wildman–Crippen MR) is 146 cm³/mol. The van der Waals surface area contributed by atoms with Crippen molar-refractivity contribution in [1.29, 1.82) is 0 Å². The van der Waals surface area contributed by atoms with Crippen LogP contribution < -0.4 is 5.32 Å². The van der Waals surface area contributed by atoms with Gasteiger partial charge in [-0.1, -0.05) is 60.7 Å². The zero-order valence-corrected chi connectivity index (χ0v) is 21.8. The van der Waals surface area contributed by atoms with E-state index in [1.165, 1.54) is 28.6 Å². The van der Waals surface area contributed by atoms with Crippen LogP contribution in [0.4, 0.5) is 14.5 Å². The molecule has 200 valence electrons. The fraction of sp³-hybridized carbons (Fsp3) is 0.167. The number of rotatable bonds is 7. The molecule has 0 radical (unpaired) electrons. The highest BCUT2D eigenvalue weighted by atomic mass is 32.2. The topological polar surface area (TPSA) is 69.7 Å². The Morgan fingerprint density at radius 2 is 1.31 bits per heavy atom. The summed E-state index contributed by atoms with van der Waals surface area (Å²) in [6.45, 7) is 1.51. The maximum absolute atomic E-state index is 14.9. The van der Waals surface area contributed by atoms with Crippen LogP contribution in [0, 0.1) is 11.6 Å².